The maximum Gasteiger partial charge on any atom is 0.282 e. The van der Waals surface area contributed by atoms with E-state index in [1.54, 1.807) is 13.0 Å². The average Bonchev–Trinajstić information content (AvgIpc) is 2.53. The molecular formula is C18H18N4O. The number of hydrogen-bond acceptors (Lipinski definition) is 4. The molecule has 1 aromatic heterocycles. The zero-order valence-corrected chi connectivity index (χ0v) is 13.4. The van der Waals surface area contributed by atoms with Crippen molar-refractivity contribution < 1.29 is 0 Å². The fourth-order valence-corrected chi connectivity index (χ4v) is 2.54. The highest BCUT2D eigenvalue weighted by molar-refractivity contribution is 6.03. The molecule has 0 aliphatic carbocycles. The fraction of sp³-hybridized carbons (Fsp3) is 0.167. The van der Waals surface area contributed by atoms with E-state index in [9.17, 15) is 4.79 Å². The Bertz CT molecular complexity index is 986. The molecule has 23 heavy (non-hydrogen) atoms. The second-order valence-electron chi connectivity index (χ2n) is 5.57. The maximum atomic E-state index is 12.7. The van der Waals surface area contributed by atoms with Crippen LogP contribution in [0.3, 0.4) is 0 Å². The highest BCUT2D eigenvalue weighted by atomic mass is 16.1. The third-order valence-electron chi connectivity index (χ3n) is 3.76. The quantitative estimate of drug-likeness (QED) is 0.584. The summed E-state index contributed by atoms with van der Waals surface area (Å²) in [6.45, 7) is 5.60. The van der Waals surface area contributed by atoms with Crippen LogP contribution < -0.4 is 11.3 Å². The number of nitrogens with zero attached hydrogens (tertiary/aromatic N) is 3. The molecule has 3 aromatic rings. The van der Waals surface area contributed by atoms with Gasteiger partial charge >= 0.3 is 0 Å². The van der Waals surface area contributed by atoms with Gasteiger partial charge in [0.25, 0.3) is 5.56 Å². The summed E-state index contributed by atoms with van der Waals surface area (Å²) in [7, 11) is 0. The van der Waals surface area contributed by atoms with Crippen molar-refractivity contribution in [1.29, 1.82) is 0 Å². The van der Waals surface area contributed by atoms with Crippen LogP contribution in [0.2, 0.25) is 0 Å². The average molecular weight is 306 g/mol. The first kappa shape index (κ1) is 15.0. The van der Waals surface area contributed by atoms with Crippen LogP contribution in [-0.4, -0.2) is 15.4 Å². The molecule has 0 amide bonds. The molecule has 0 aliphatic rings. The molecule has 0 unspecified atom stereocenters. The Morgan fingerprint density at radius 2 is 1.91 bits per heavy atom. The lowest BCUT2D eigenvalue weighted by Crippen LogP contribution is -2.22. The van der Waals surface area contributed by atoms with Gasteiger partial charge in [-0.15, -0.1) is 0 Å². The number of hydrogen-bond donors (Lipinski definition) is 1. The van der Waals surface area contributed by atoms with Gasteiger partial charge in [0.2, 0.25) is 0 Å². The summed E-state index contributed by atoms with van der Waals surface area (Å²) in [5.74, 6) is 0.541. The van der Waals surface area contributed by atoms with E-state index in [-0.39, 0.29) is 5.56 Å². The summed E-state index contributed by atoms with van der Waals surface area (Å²) in [4.78, 5) is 17.1. The Labute approximate surface area is 134 Å². The number of rotatable bonds is 2. The highest BCUT2D eigenvalue weighted by Crippen LogP contribution is 2.15. The number of anilines is 1. The summed E-state index contributed by atoms with van der Waals surface area (Å²) in [6.07, 6.45) is 0. The molecule has 2 N–H and O–H groups in total. The molecule has 0 fully saturated rings. The van der Waals surface area contributed by atoms with Crippen molar-refractivity contribution in [3.63, 3.8) is 0 Å². The van der Waals surface area contributed by atoms with E-state index in [1.807, 2.05) is 50.2 Å². The molecule has 5 nitrogen and oxygen atoms in total. The van der Waals surface area contributed by atoms with Gasteiger partial charge in [0.05, 0.1) is 16.6 Å². The molecule has 0 bridgehead atoms. The summed E-state index contributed by atoms with van der Waals surface area (Å²) < 4.78 is 1.33. The third-order valence-corrected chi connectivity index (χ3v) is 3.76. The van der Waals surface area contributed by atoms with Gasteiger partial charge in [-0.2, -0.15) is 9.78 Å². The Morgan fingerprint density at radius 1 is 1.17 bits per heavy atom. The third kappa shape index (κ3) is 2.73. The van der Waals surface area contributed by atoms with Crippen LogP contribution >= 0.6 is 0 Å². The van der Waals surface area contributed by atoms with E-state index in [4.69, 9.17) is 5.73 Å². The number of aryl methyl sites for hydroxylation is 2. The minimum absolute atomic E-state index is 0.182. The van der Waals surface area contributed by atoms with E-state index >= 15 is 0 Å². The Kier molecular flexibility index (Phi) is 3.70. The molecule has 0 spiro atoms. The number of benzene rings is 2. The minimum Gasteiger partial charge on any atom is -0.398 e. The van der Waals surface area contributed by atoms with Crippen LogP contribution in [0.15, 0.2) is 52.4 Å². The summed E-state index contributed by atoms with van der Waals surface area (Å²) in [5.41, 5.74) is 9.74. The molecule has 0 radical (unpaired) electrons. The van der Waals surface area contributed by atoms with Crippen LogP contribution in [0.5, 0.6) is 0 Å². The zero-order valence-electron chi connectivity index (χ0n) is 13.4. The van der Waals surface area contributed by atoms with Crippen molar-refractivity contribution in [3.8, 4) is 0 Å². The van der Waals surface area contributed by atoms with Crippen LogP contribution in [-0.2, 0) is 0 Å². The van der Waals surface area contributed by atoms with Crippen molar-refractivity contribution in [2.24, 2.45) is 5.10 Å². The van der Waals surface area contributed by atoms with E-state index < -0.39 is 0 Å². The van der Waals surface area contributed by atoms with Crippen LogP contribution in [0.4, 0.5) is 5.69 Å². The van der Waals surface area contributed by atoms with Gasteiger partial charge in [-0.05, 0) is 45.0 Å². The first-order valence-electron chi connectivity index (χ1n) is 7.38. The van der Waals surface area contributed by atoms with Gasteiger partial charge < -0.3 is 5.73 Å². The SMILES string of the molecule is C/C(=N\n1c(C)nc2ccccc2c1=O)c1cc(C)ccc1N. The maximum absolute atomic E-state index is 12.7. The monoisotopic (exact) mass is 306 g/mol. The number of para-hydroxylation sites is 1. The molecule has 116 valence electrons. The Morgan fingerprint density at radius 3 is 2.70 bits per heavy atom. The van der Waals surface area contributed by atoms with Gasteiger partial charge in [0, 0.05) is 11.3 Å². The smallest absolute Gasteiger partial charge is 0.282 e. The normalized spacial score (nSPS) is 11.9. The molecule has 0 saturated heterocycles. The van der Waals surface area contributed by atoms with Crippen LogP contribution in [0, 0.1) is 13.8 Å². The summed E-state index contributed by atoms with van der Waals surface area (Å²) in [5, 5.41) is 5.01. The molecule has 5 heteroatoms. The van der Waals surface area contributed by atoms with E-state index in [0.717, 1.165) is 11.1 Å². The van der Waals surface area contributed by atoms with Crippen molar-refractivity contribution in [3.05, 3.63) is 69.8 Å². The number of nitrogen functional groups attached to an aromatic ring is 1. The highest BCUT2D eigenvalue weighted by Gasteiger charge is 2.09. The van der Waals surface area contributed by atoms with Crippen LogP contribution in [0.1, 0.15) is 23.9 Å². The summed E-state index contributed by atoms with van der Waals surface area (Å²) in [6, 6.07) is 13.0. The molecule has 0 saturated carbocycles. The predicted molar refractivity (Wildman–Crippen MR) is 93.9 cm³/mol. The van der Waals surface area contributed by atoms with E-state index in [0.29, 0.717) is 28.1 Å². The topological polar surface area (TPSA) is 73.3 Å². The van der Waals surface area contributed by atoms with Gasteiger partial charge in [-0.3, -0.25) is 4.79 Å². The predicted octanol–water partition coefficient (Wildman–Crippen LogP) is 2.87. The van der Waals surface area contributed by atoms with Gasteiger partial charge in [0.15, 0.2) is 0 Å². The van der Waals surface area contributed by atoms with Gasteiger partial charge in [-0.25, -0.2) is 4.98 Å². The second-order valence-corrected chi connectivity index (χ2v) is 5.57. The van der Waals surface area contributed by atoms with E-state index in [2.05, 4.69) is 10.1 Å². The lowest BCUT2D eigenvalue weighted by Gasteiger charge is -2.09. The molecule has 0 aliphatic heterocycles. The largest absolute Gasteiger partial charge is 0.398 e. The number of nitrogens with two attached hydrogens (primary N) is 1. The minimum atomic E-state index is -0.182. The fourth-order valence-electron chi connectivity index (χ4n) is 2.54. The van der Waals surface area contributed by atoms with Crippen LogP contribution in [0.25, 0.3) is 10.9 Å². The molecule has 3 rings (SSSR count). The summed E-state index contributed by atoms with van der Waals surface area (Å²) >= 11 is 0. The lowest BCUT2D eigenvalue weighted by molar-refractivity contribution is 0.766. The first-order valence-corrected chi connectivity index (χ1v) is 7.38. The number of fused-ring (bicyclic) bond motifs is 1. The molecule has 0 atom stereocenters. The van der Waals surface area contributed by atoms with Gasteiger partial charge in [0.1, 0.15) is 5.82 Å². The first-order chi connectivity index (χ1) is 11.0. The zero-order chi connectivity index (χ0) is 16.6. The second kappa shape index (κ2) is 5.68. The lowest BCUT2D eigenvalue weighted by atomic mass is 10.1. The Balaban J connectivity index is 2.21. The van der Waals surface area contributed by atoms with Crippen molar-refractivity contribution in [1.82, 2.24) is 9.66 Å². The molecule has 2 aromatic carbocycles. The van der Waals surface area contributed by atoms with Crippen molar-refractivity contribution >= 4 is 22.3 Å². The Hall–Kier alpha value is -2.95. The van der Waals surface area contributed by atoms with Crippen molar-refractivity contribution in [2.45, 2.75) is 20.8 Å². The van der Waals surface area contributed by atoms with Crippen molar-refractivity contribution in [2.75, 3.05) is 5.73 Å². The van der Waals surface area contributed by atoms with Gasteiger partial charge in [-0.1, -0.05) is 23.8 Å². The molecular weight excluding hydrogens is 288 g/mol. The van der Waals surface area contributed by atoms with E-state index in [1.165, 1.54) is 4.68 Å². The standard InChI is InChI=1S/C18H18N4O/c1-11-8-9-16(19)15(10-11)12(2)21-22-13(3)20-17-7-5-4-6-14(17)18(22)23/h4-10H,19H2,1-3H3/b21-12+. The number of aromatic nitrogens is 2. The molecule has 1 heterocycles.